The molecule has 0 radical (unpaired) electrons. The fourth-order valence-electron chi connectivity index (χ4n) is 2.50. The van der Waals surface area contributed by atoms with E-state index in [-0.39, 0.29) is 5.04 Å². The molecule has 0 atom stereocenters. The second-order valence-electron chi connectivity index (χ2n) is 5.19. The number of hydrogen-bond acceptors (Lipinski definition) is 3. The van der Waals surface area contributed by atoms with Crippen molar-refractivity contribution in [3.8, 4) is 0 Å². The van der Waals surface area contributed by atoms with E-state index in [0.717, 1.165) is 26.2 Å². The minimum absolute atomic E-state index is 0.283. The normalized spacial score (nSPS) is 13.5. The highest BCUT2D eigenvalue weighted by Crippen LogP contribution is 2.34. The first-order valence-electron chi connectivity index (χ1n) is 6.64. The minimum atomic E-state index is -1.79. The molecule has 0 rings (SSSR count). The van der Waals surface area contributed by atoms with E-state index < -0.39 is 8.56 Å². The third kappa shape index (κ3) is 3.29. The van der Waals surface area contributed by atoms with Crippen molar-refractivity contribution in [3.05, 3.63) is 0 Å². The summed E-state index contributed by atoms with van der Waals surface area (Å²) in [4.78, 5) is 7.59. The topological polar surface area (TPSA) is 27.3 Å². The van der Waals surface area contributed by atoms with Crippen LogP contribution in [0.4, 0.5) is 0 Å². The monoisotopic (exact) mass is 245 g/mol. The average Bonchev–Trinajstić information content (AvgIpc) is 2.18. The molecule has 4 heteroatoms. The van der Waals surface area contributed by atoms with Gasteiger partial charge in [0.05, 0.1) is 0 Å². The van der Waals surface area contributed by atoms with Crippen LogP contribution in [0, 0.1) is 0 Å². The van der Waals surface area contributed by atoms with Gasteiger partial charge in [0.2, 0.25) is 0 Å². The number of nitrogens with zero attached hydrogens (tertiary/aromatic N) is 1. The summed E-state index contributed by atoms with van der Waals surface area (Å²) in [5, 5.41) is 0.283. The van der Waals surface area contributed by atoms with Gasteiger partial charge in [0.15, 0.2) is 0 Å². The van der Waals surface area contributed by atoms with Crippen LogP contribution in [0.25, 0.3) is 0 Å². The van der Waals surface area contributed by atoms with E-state index in [1.54, 1.807) is 0 Å². The van der Waals surface area contributed by atoms with Gasteiger partial charge in [-0.15, -0.1) is 0 Å². The van der Waals surface area contributed by atoms with Crippen molar-refractivity contribution in [2.45, 2.75) is 53.5 Å². The molecule has 0 unspecified atom stereocenters. The summed E-state index contributed by atoms with van der Waals surface area (Å²) in [5.74, 6) is 0. The maximum atomic E-state index is 3.79. The molecule has 98 valence electrons. The van der Waals surface area contributed by atoms with Crippen molar-refractivity contribution in [3.63, 3.8) is 0 Å². The van der Waals surface area contributed by atoms with Crippen LogP contribution in [0.1, 0.15) is 48.5 Å². The lowest BCUT2D eigenvalue weighted by Gasteiger charge is -2.49. The second kappa shape index (κ2) is 6.74. The molecule has 3 nitrogen and oxygen atoms in total. The quantitative estimate of drug-likeness (QED) is 0.674. The highest BCUT2D eigenvalue weighted by atomic mass is 28.4. The van der Waals surface area contributed by atoms with Crippen LogP contribution in [-0.2, 0) is 0 Å². The van der Waals surface area contributed by atoms with Gasteiger partial charge in [0.25, 0.3) is 8.56 Å². The van der Waals surface area contributed by atoms with Gasteiger partial charge in [-0.2, -0.15) is 0 Å². The van der Waals surface area contributed by atoms with Crippen LogP contribution in [0.5, 0.6) is 0 Å². The molecule has 0 amide bonds. The molecule has 0 aromatic rings. The highest BCUT2D eigenvalue weighted by molar-refractivity contribution is 6.75. The third-order valence-corrected chi connectivity index (χ3v) is 8.67. The maximum Gasteiger partial charge on any atom is 0.289 e. The van der Waals surface area contributed by atoms with E-state index in [1.807, 2.05) is 0 Å². The molecule has 0 aromatic carbocycles. The van der Waals surface area contributed by atoms with Crippen molar-refractivity contribution in [2.24, 2.45) is 0 Å². The van der Waals surface area contributed by atoms with Gasteiger partial charge in [0.1, 0.15) is 0 Å². The van der Waals surface area contributed by atoms with E-state index in [4.69, 9.17) is 0 Å². The first-order valence-corrected chi connectivity index (χ1v) is 8.59. The van der Waals surface area contributed by atoms with Crippen LogP contribution in [0.3, 0.4) is 0 Å². The first-order chi connectivity index (χ1) is 7.39. The Labute approximate surface area is 103 Å². The van der Waals surface area contributed by atoms with Crippen LogP contribution in [0.2, 0.25) is 5.04 Å². The van der Waals surface area contributed by atoms with Gasteiger partial charge < -0.3 is 9.96 Å². The maximum absolute atomic E-state index is 3.79. The fraction of sp³-hybridized carbons (Fsp3) is 1.00. The highest BCUT2D eigenvalue weighted by Gasteiger charge is 2.48. The van der Waals surface area contributed by atoms with Crippen molar-refractivity contribution >= 4 is 8.56 Å². The Bertz CT molecular complexity index is 179. The van der Waals surface area contributed by atoms with E-state index in [1.165, 1.54) is 0 Å². The zero-order chi connectivity index (χ0) is 12.8. The zero-order valence-electron chi connectivity index (χ0n) is 12.3. The lowest BCUT2D eigenvalue weighted by Crippen LogP contribution is -2.77. The van der Waals surface area contributed by atoms with Gasteiger partial charge in [-0.3, -0.25) is 4.57 Å². The van der Waals surface area contributed by atoms with Gasteiger partial charge in [-0.05, 0) is 31.2 Å². The molecular formula is C12H31N3Si. The predicted octanol–water partition coefficient (Wildman–Crippen LogP) is 2.29. The molecule has 2 N–H and O–H groups in total. The van der Waals surface area contributed by atoms with Gasteiger partial charge in [0, 0.05) is 0 Å². The molecule has 16 heavy (non-hydrogen) atoms. The largest absolute Gasteiger partial charge is 0.313 e. The zero-order valence-corrected chi connectivity index (χ0v) is 13.3. The lowest BCUT2D eigenvalue weighted by atomic mass is 10.2. The Balaban J connectivity index is 5.22. The Morgan fingerprint density at radius 1 is 0.875 bits per heavy atom. The molecule has 0 aromatic heterocycles. The Kier molecular flexibility index (Phi) is 6.78. The molecule has 0 aliphatic carbocycles. The summed E-state index contributed by atoms with van der Waals surface area (Å²) >= 11 is 0. The first kappa shape index (κ1) is 16.1. The van der Waals surface area contributed by atoms with E-state index >= 15 is 0 Å². The van der Waals surface area contributed by atoms with E-state index in [9.17, 15) is 0 Å². The standard InChI is InChI=1S/C12H31N3Si/c1-8-13-16(14-9-2,12(5,6)7)15(10-3)11-4/h13-14H,8-11H2,1-7H3. The molecule has 0 bridgehead atoms. The summed E-state index contributed by atoms with van der Waals surface area (Å²) < 4.78 is 2.61. The molecule has 0 aliphatic heterocycles. The van der Waals surface area contributed by atoms with Crippen molar-refractivity contribution in [1.82, 2.24) is 14.5 Å². The fourth-order valence-corrected chi connectivity index (χ4v) is 7.05. The number of rotatable bonds is 7. The molecule has 0 spiro atoms. The van der Waals surface area contributed by atoms with Crippen LogP contribution < -0.4 is 9.96 Å². The number of hydrogen-bond donors (Lipinski definition) is 2. The molecule has 0 saturated heterocycles. The minimum Gasteiger partial charge on any atom is -0.313 e. The molecule has 0 fully saturated rings. The van der Waals surface area contributed by atoms with Gasteiger partial charge in [-0.25, -0.2) is 0 Å². The smallest absolute Gasteiger partial charge is 0.289 e. The Hall–Kier alpha value is 0.0969. The Morgan fingerprint density at radius 2 is 1.25 bits per heavy atom. The average molecular weight is 245 g/mol. The number of nitrogens with one attached hydrogen (secondary N) is 2. The van der Waals surface area contributed by atoms with Crippen molar-refractivity contribution in [1.29, 1.82) is 0 Å². The molecular weight excluding hydrogens is 214 g/mol. The predicted molar refractivity (Wildman–Crippen MR) is 75.7 cm³/mol. The second-order valence-corrected chi connectivity index (χ2v) is 9.45. The summed E-state index contributed by atoms with van der Waals surface area (Å²) in [6, 6.07) is 0. The van der Waals surface area contributed by atoms with E-state index in [2.05, 4.69) is 63.0 Å². The molecule has 0 saturated carbocycles. The van der Waals surface area contributed by atoms with Crippen LogP contribution in [0.15, 0.2) is 0 Å². The van der Waals surface area contributed by atoms with Crippen molar-refractivity contribution < 1.29 is 0 Å². The summed E-state index contributed by atoms with van der Waals surface area (Å²) in [6.45, 7) is 20.3. The van der Waals surface area contributed by atoms with E-state index in [0.29, 0.717) is 0 Å². The van der Waals surface area contributed by atoms with Crippen LogP contribution >= 0.6 is 0 Å². The molecule has 0 heterocycles. The summed E-state index contributed by atoms with van der Waals surface area (Å²) in [7, 11) is -1.79. The van der Waals surface area contributed by atoms with Crippen molar-refractivity contribution in [2.75, 3.05) is 26.2 Å². The SMILES string of the molecule is CCN[Si](NCC)(N(CC)CC)C(C)(C)C. The van der Waals surface area contributed by atoms with Crippen LogP contribution in [-0.4, -0.2) is 39.3 Å². The lowest BCUT2D eigenvalue weighted by molar-refractivity contribution is 0.396. The summed E-state index contributed by atoms with van der Waals surface area (Å²) in [5.41, 5.74) is 0. The third-order valence-electron chi connectivity index (χ3n) is 3.19. The van der Waals surface area contributed by atoms with Gasteiger partial charge in [-0.1, -0.05) is 48.5 Å². The summed E-state index contributed by atoms with van der Waals surface area (Å²) in [6.07, 6.45) is 0. The Morgan fingerprint density at radius 3 is 1.44 bits per heavy atom. The van der Waals surface area contributed by atoms with Gasteiger partial charge >= 0.3 is 0 Å². The molecule has 0 aliphatic rings.